The molecule has 62 heavy (non-hydrogen) atoms. The molecule has 0 saturated heterocycles. The zero-order valence-corrected chi connectivity index (χ0v) is 33.9. The van der Waals surface area contributed by atoms with Crippen LogP contribution < -0.4 is 0 Å². The van der Waals surface area contributed by atoms with E-state index in [4.69, 9.17) is 15.0 Å². The quantitative estimate of drug-likeness (QED) is 0.144. The van der Waals surface area contributed by atoms with Gasteiger partial charge in [0.25, 0.3) is 0 Å². The molecule has 0 radical (unpaired) electrons. The highest BCUT2D eigenvalue weighted by molar-refractivity contribution is 6.17. The summed E-state index contributed by atoms with van der Waals surface area (Å²) in [5.41, 5.74) is 17.0. The predicted molar refractivity (Wildman–Crippen MR) is 258 cm³/mol. The van der Waals surface area contributed by atoms with E-state index >= 15 is 0 Å². The van der Waals surface area contributed by atoms with Crippen LogP contribution in [0.4, 0.5) is 0 Å². The van der Waals surface area contributed by atoms with Crippen LogP contribution in [0.5, 0.6) is 0 Å². The highest BCUT2D eigenvalue weighted by atomic mass is 14.9. The lowest BCUT2D eigenvalue weighted by molar-refractivity contribution is 1.18. The van der Waals surface area contributed by atoms with Crippen LogP contribution in [0.15, 0.2) is 237 Å². The summed E-state index contributed by atoms with van der Waals surface area (Å²) in [5, 5.41) is 3.47. The average molecular weight is 790 g/mol. The van der Waals surface area contributed by atoms with Gasteiger partial charge in [0.1, 0.15) is 0 Å². The van der Waals surface area contributed by atoms with Crippen molar-refractivity contribution < 1.29 is 0 Å². The van der Waals surface area contributed by atoms with Gasteiger partial charge < -0.3 is 0 Å². The first kappa shape index (κ1) is 36.8. The van der Waals surface area contributed by atoms with E-state index in [1.807, 2.05) is 18.2 Å². The third-order valence-corrected chi connectivity index (χ3v) is 11.7. The van der Waals surface area contributed by atoms with Crippen LogP contribution in [0.25, 0.3) is 111 Å². The summed E-state index contributed by atoms with van der Waals surface area (Å²) < 4.78 is 0. The molecule has 0 saturated carbocycles. The maximum atomic E-state index is 5.29. The molecule has 0 spiro atoms. The molecule has 3 heteroatoms. The lowest BCUT2D eigenvalue weighted by atomic mass is 9.91. The van der Waals surface area contributed by atoms with E-state index in [1.165, 1.54) is 16.5 Å². The van der Waals surface area contributed by atoms with Crippen molar-refractivity contribution in [2.75, 3.05) is 0 Å². The van der Waals surface area contributed by atoms with E-state index in [0.717, 1.165) is 89.0 Å². The number of pyridine rings is 1. The Bertz CT molecular complexity index is 3290. The second kappa shape index (κ2) is 16.1. The molecule has 0 fully saturated rings. The summed E-state index contributed by atoms with van der Waals surface area (Å²) in [4.78, 5) is 15.7. The number of aromatic nitrogens is 3. The maximum absolute atomic E-state index is 5.29. The molecular formula is C59H39N3. The van der Waals surface area contributed by atoms with Crippen molar-refractivity contribution in [3.05, 3.63) is 237 Å². The first-order chi connectivity index (χ1) is 30.7. The molecule has 9 aromatic carbocycles. The lowest BCUT2D eigenvalue weighted by Crippen LogP contribution is -1.96. The number of rotatable bonds is 8. The smallest absolute Gasteiger partial charge is 0.160 e. The van der Waals surface area contributed by atoms with Crippen molar-refractivity contribution in [1.29, 1.82) is 0 Å². The van der Waals surface area contributed by atoms with E-state index in [0.29, 0.717) is 5.82 Å². The fourth-order valence-corrected chi connectivity index (χ4v) is 8.57. The Morgan fingerprint density at radius 3 is 1.31 bits per heavy atom. The molecule has 2 heterocycles. The largest absolute Gasteiger partial charge is 0.247 e. The summed E-state index contributed by atoms with van der Waals surface area (Å²) in [6.07, 6.45) is 0. The Morgan fingerprint density at radius 2 is 0.710 bits per heavy atom. The molecule has 0 aliphatic heterocycles. The van der Waals surface area contributed by atoms with Gasteiger partial charge in [-0.15, -0.1) is 0 Å². The average Bonchev–Trinajstić information content (AvgIpc) is 3.37. The minimum atomic E-state index is 0.687. The van der Waals surface area contributed by atoms with Gasteiger partial charge in [-0.1, -0.05) is 200 Å². The Morgan fingerprint density at radius 1 is 0.242 bits per heavy atom. The Balaban J connectivity index is 1.03. The van der Waals surface area contributed by atoms with Gasteiger partial charge in [0.2, 0.25) is 0 Å². The van der Waals surface area contributed by atoms with E-state index < -0.39 is 0 Å². The van der Waals surface area contributed by atoms with Crippen LogP contribution in [-0.4, -0.2) is 15.0 Å². The van der Waals surface area contributed by atoms with Gasteiger partial charge in [-0.25, -0.2) is 15.0 Å². The van der Waals surface area contributed by atoms with Gasteiger partial charge in [-0.2, -0.15) is 0 Å². The van der Waals surface area contributed by atoms with E-state index in [1.54, 1.807) is 0 Å². The van der Waals surface area contributed by atoms with Crippen LogP contribution >= 0.6 is 0 Å². The predicted octanol–water partition coefficient (Wildman–Crippen LogP) is 15.5. The highest BCUT2D eigenvalue weighted by Gasteiger charge is 2.17. The molecule has 0 aliphatic rings. The molecule has 290 valence electrons. The Hall–Kier alpha value is -8.27. The standard InChI is InChI=1S/C59H39N3/c1-6-17-40(18-7-1)48-35-49(41-19-8-2-9-20-41)37-50(36-48)56-39-55(61-59(62-56)46-25-14-5-15-26-46)44-31-29-42(30-32-44)47-33-34-54-53(38-47)57-51(43-21-10-3-11-22-43)27-16-28-52(57)58(60-54)45-23-12-4-13-24-45/h1-39H. The van der Waals surface area contributed by atoms with Gasteiger partial charge in [0.05, 0.1) is 22.6 Å². The molecule has 0 unspecified atom stereocenters. The molecule has 11 aromatic rings. The van der Waals surface area contributed by atoms with Crippen molar-refractivity contribution in [2.45, 2.75) is 0 Å². The monoisotopic (exact) mass is 789 g/mol. The highest BCUT2D eigenvalue weighted by Crippen LogP contribution is 2.41. The molecular weight excluding hydrogens is 751 g/mol. The summed E-state index contributed by atoms with van der Waals surface area (Å²) in [7, 11) is 0. The van der Waals surface area contributed by atoms with E-state index in [-0.39, 0.29) is 0 Å². The minimum Gasteiger partial charge on any atom is -0.247 e. The lowest BCUT2D eigenvalue weighted by Gasteiger charge is -2.15. The molecule has 0 aliphatic carbocycles. The zero-order chi connectivity index (χ0) is 41.2. The molecule has 0 bridgehead atoms. The van der Waals surface area contributed by atoms with Crippen molar-refractivity contribution in [3.8, 4) is 89.7 Å². The number of nitrogens with zero attached hydrogens (tertiary/aromatic N) is 3. The third kappa shape index (κ3) is 7.12. The van der Waals surface area contributed by atoms with Crippen LogP contribution in [0, 0.1) is 0 Å². The fraction of sp³-hybridized carbons (Fsp3) is 0. The molecule has 2 aromatic heterocycles. The van der Waals surface area contributed by atoms with Gasteiger partial charge in [-0.05, 0) is 80.9 Å². The van der Waals surface area contributed by atoms with Crippen LogP contribution in [-0.2, 0) is 0 Å². The number of benzene rings is 9. The molecule has 0 N–H and O–H groups in total. The minimum absolute atomic E-state index is 0.687. The molecule has 0 amide bonds. The van der Waals surface area contributed by atoms with E-state index in [2.05, 4.69) is 218 Å². The Labute approximate surface area is 361 Å². The Kier molecular flexibility index (Phi) is 9.53. The SMILES string of the molecule is c1ccc(-c2cc(-c3ccccc3)cc(-c3cc(-c4ccc(-c5ccc6nc(-c7ccccc7)c7cccc(-c8ccccc8)c7c6c5)cc4)nc(-c4ccccc4)n3)c2)cc1. The van der Waals surface area contributed by atoms with Crippen molar-refractivity contribution in [2.24, 2.45) is 0 Å². The van der Waals surface area contributed by atoms with E-state index in [9.17, 15) is 0 Å². The van der Waals surface area contributed by atoms with Crippen LogP contribution in [0.1, 0.15) is 0 Å². The van der Waals surface area contributed by atoms with Gasteiger partial charge in [-0.3, -0.25) is 0 Å². The second-order valence-corrected chi connectivity index (χ2v) is 15.6. The number of hydrogen-bond acceptors (Lipinski definition) is 3. The zero-order valence-electron chi connectivity index (χ0n) is 33.9. The van der Waals surface area contributed by atoms with Crippen LogP contribution in [0.3, 0.4) is 0 Å². The fourth-order valence-electron chi connectivity index (χ4n) is 8.57. The normalized spacial score (nSPS) is 11.2. The van der Waals surface area contributed by atoms with Crippen molar-refractivity contribution in [1.82, 2.24) is 15.0 Å². The maximum Gasteiger partial charge on any atom is 0.160 e. The third-order valence-electron chi connectivity index (χ3n) is 11.7. The van der Waals surface area contributed by atoms with Gasteiger partial charge in [0, 0.05) is 38.4 Å². The van der Waals surface area contributed by atoms with Crippen LogP contribution in [0.2, 0.25) is 0 Å². The summed E-state index contributed by atoms with van der Waals surface area (Å²) in [5.74, 6) is 0.687. The van der Waals surface area contributed by atoms with Crippen molar-refractivity contribution in [3.63, 3.8) is 0 Å². The van der Waals surface area contributed by atoms with Gasteiger partial charge in [0.15, 0.2) is 5.82 Å². The first-order valence-electron chi connectivity index (χ1n) is 21.0. The topological polar surface area (TPSA) is 38.7 Å². The molecule has 0 atom stereocenters. The number of hydrogen-bond donors (Lipinski definition) is 0. The summed E-state index contributed by atoms with van der Waals surface area (Å²) in [6, 6.07) is 83.4. The van der Waals surface area contributed by atoms with Crippen molar-refractivity contribution >= 4 is 21.7 Å². The first-order valence-corrected chi connectivity index (χ1v) is 21.0. The molecule has 11 rings (SSSR count). The molecule has 3 nitrogen and oxygen atoms in total. The van der Waals surface area contributed by atoms with Gasteiger partial charge >= 0.3 is 0 Å². The summed E-state index contributed by atoms with van der Waals surface area (Å²) in [6.45, 7) is 0. The summed E-state index contributed by atoms with van der Waals surface area (Å²) >= 11 is 0. The second-order valence-electron chi connectivity index (χ2n) is 15.6. The number of fused-ring (bicyclic) bond motifs is 3.